The van der Waals surface area contributed by atoms with Gasteiger partial charge in [-0.1, -0.05) is 31.5 Å². The molecule has 2 nitrogen and oxygen atoms in total. The van der Waals surface area contributed by atoms with E-state index in [9.17, 15) is 4.39 Å². The number of benzene rings is 2. The van der Waals surface area contributed by atoms with Gasteiger partial charge in [0.15, 0.2) is 0 Å². The molecule has 0 spiro atoms. The van der Waals surface area contributed by atoms with Crippen molar-refractivity contribution in [2.24, 2.45) is 0 Å². The minimum Gasteiger partial charge on any atom is -0.456 e. The maximum Gasteiger partial charge on any atom is 0.148 e. The molecule has 3 heteroatoms. The van der Waals surface area contributed by atoms with Gasteiger partial charge in [-0.15, -0.1) is 0 Å². The number of nitriles is 1. The normalized spacial score (nSPS) is 10.1. The summed E-state index contributed by atoms with van der Waals surface area (Å²) in [6, 6.07) is 13.9. The molecule has 0 fully saturated rings. The lowest BCUT2D eigenvalue weighted by Gasteiger charge is -2.08. The first-order valence-electron chi connectivity index (χ1n) is 6.70. The molecule has 0 amide bonds. The van der Waals surface area contributed by atoms with Crippen LogP contribution in [0.1, 0.15) is 30.9 Å². The molecule has 0 aromatic heterocycles. The van der Waals surface area contributed by atoms with E-state index in [0.717, 1.165) is 19.3 Å². The topological polar surface area (TPSA) is 33.0 Å². The van der Waals surface area contributed by atoms with Crippen molar-refractivity contribution in [3.8, 4) is 17.6 Å². The monoisotopic (exact) mass is 269 g/mol. The number of rotatable bonds is 5. The molecule has 0 aliphatic carbocycles. The number of aryl methyl sites for hydroxylation is 1. The van der Waals surface area contributed by atoms with Gasteiger partial charge in [0.2, 0.25) is 0 Å². The van der Waals surface area contributed by atoms with Crippen LogP contribution >= 0.6 is 0 Å². The maximum absolute atomic E-state index is 13.5. The molecule has 2 aromatic carbocycles. The van der Waals surface area contributed by atoms with E-state index in [4.69, 9.17) is 10.00 Å². The number of nitrogens with zero attached hydrogens (tertiary/aromatic N) is 1. The quantitative estimate of drug-likeness (QED) is 0.778. The summed E-state index contributed by atoms with van der Waals surface area (Å²) in [5.41, 5.74) is 1.18. The zero-order valence-electron chi connectivity index (χ0n) is 11.4. The van der Waals surface area contributed by atoms with Gasteiger partial charge in [-0.2, -0.15) is 5.26 Å². The molecule has 0 N–H and O–H groups in total. The number of halogens is 1. The Labute approximate surface area is 118 Å². The third kappa shape index (κ3) is 3.36. The minimum atomic E-state index is -0.565. The van der Waals surface area contributed by atoms with Crippen LogP contribution in [0.4, 0.5) is 4.39 Å². The van der Waals surface area contributed by atoms with E-state index in [-0.39, 0.29) is 11.3 Å². The van der Waals surface area contributed by atoms with Crippen molar-refractivity contribution in [3.63, 3.8) is 0 Å². The second kappa shape index (κ2) is 6.72. The highest BCUT2D eigenvalue weighted by molar-refractivity contribution is 5.46. The molecule has 2 aromatic rings. The van der Waals surface area contributed by atoms with Gasteiger partial charge in [0.25, 0.3) is 0 Å². The van der Waals surface area contributed by atoms with E-state index in [0.29, 0.717) is 5.75 Å². The molecule has 0 bridgehead atoms. The third-order valence-corrected chi connectivity index (χ3v) is 3.06. The van der Waals surface area contributed by atoms with Crippen LogP contribution in [0.2, 0.25) is 0 Å². The molecule has 0 heterocycles. The van der Waals surface area contributed by atoms with Gasteiger partial charge in [-0.25, -0.2) is 4.39 Å². The number of unbranched alkanes of at least 4 members (excludes halogenated alkanes) is 1. The first-order chi connectivity index (χ1) is 9.74. The van der Waals surface area contributed by atoms with Crippen molar-refractivity contribution in [1.82, 2.24) is 0 Å². The predicted octanol–water partition coefficient (Wildman–Crippen LogP) is 4.83. The summed E-state index contributed by atoms with van der Waals surface area (Å²) >= 11 is 0. The summed E-state index contributed by atoms with van der Waals surface area (Å²) in [6.45, 7) is 2.16. The Bertz CT molecular complexity index is 614. The average Bonchev–Trinajstić information content (AvgIpc) is 2.47. The van der Waals surface area contributed by atoms with Crippen molar-refractivity contribution >= 4 is 0 Å². The van der Waals surface area contributed by atoms with E-state index < -0.39 is 5.82 Å². The van der Waals surface area contributed by atoms with Gasteiger partial charge in [-0.3, -0.25) is 0 Å². The van der Waals surface area contributed by atoms with Crippen LogP contribution in [0.5, 0.6) is 11.5 Å². The van der Waals surface area contributed by atoms with Crippen molar-refractivity contribution < 1.29 is 9.13 Å². The van der Waals surface area contributed by atoms with Crippen LogP contribution in [0, 0.1) is 17.1 Å². The third-order valence-electron chi connectivity index (χ3n) is 3.06. The summed E-state index contributed by atoms with van der Waals surface area (Å²) in [5.74, 6) is 0.283. The lowest BCUT2D eigenvalue weighted by atomic mass is 10.1. The highest BCUT2D eigenvalue weighted by atomic mass is 19.1. The molecule has 0 atom stereocenters. The van der Waals surface area contributed by atoms with E-state index in [2.05, 4.69) is 6.92 Å². The van der Waals surface area contributed by atoms with Crippen LogP contribution in [0.25, 0.3) is 0 Å². The number of hydrogen-bond acceptors (Lipinski definition) is 2. The molecule has 0 saturated carbocycles. The van der Waals surface area contributed by atoms with E-state index in [1.165, 1.54) is 17.7 Å². The first kappa shape index (κ1) is 14.1. The van der Waals surface area contributed by atoms with E-state index >= 15 is 0 Å². The fourth-order valence-corrected chi connectivity index (χ4v) is 1.93. The zero-order chi connectivity index (χ0) is 14.4. The Morgan fingerprint density at radius 3 is 2.55 bits per heavy atom. The van der Waals surface area contributed by atoms with Crippen LogP contribution in [-0.4, -0.2) is 0 Å². The molecule has 0 unspecified atom stereocenters. The van der Waals surface area contributed by atoms with Crippen molar-refractivity contribution in [3.05, 3.63) is 59.4 Å². The van der Waals surface area contributed by atoms with Crippen molar-refractivity contribution in [1.29, 1.82) is 5.26 Å². The largest absolute Gasteiger partial charge is 0.456 e. The summed E-state index contributed by atoms with van der Waals surface area (Å²) in [7, 11) is 0. The van der Waals surface area contributed by atoms with E-state index in [1.54, 1.807) is 6.07 Å². The summed E-state index contributed by atoms with van der Waals surface area (Å²) in [6.07, 6.45) is 3.36. The highest BCUT2D eigenvalue weighted by Gasteiger charge is 2.09. The lowest BCUT2D eigenvalue weighted by molar-refractivity contribution is 0.474. The minimum absolute atomic E-state index is 0.0671. The molecule has 2 rings (SSSR count). The van der Waals surface area contributed by atoms with Gasteiger partial charge in [0.05, 0.1) is 0 Å². The Balaban J connectivity index is 2.15. The van der Waals surface area contributed by atoms with Crippen molar-refractivity contribution in [2.45, 2.75) is 26.2 Å². The van der Waals surface area contributed by atoms with Gasteiger partial charge < -0.3 is 4.74 Å². The molecule has 0 radical (unpaired) electrons. The summed E-state index contributed by atoms with van der Waals surface area (Å²) < 4.78 is 19.0. The second-order valence-corrected chi connectivity index (χ2v) is 4.57. The Hall–Kier alpha value is -2.34. The highest BCUT2D eigenvalue weighted by Crippen LogP contribution is 2.26. The fraction of sp³-hybridized carbons (Fsp3) is 0.235. The lowest BCUT2D eigenvalue weighted by Crippen LogP contribution is -1.92. The van der Waals surface area contributed by atoms with Gasteiger partial charge >= 0.3 is 0 Å². The second-order valence-electron chi connectivity index (χ2n) is 4.57. The van der Waals surface area contributed by atoms with Crippen LogP contribution < -0.4 is 4.74 Å². The van der Waals surface area contributed by atoms with Crippen LogP contribution in [0.3, 0.4) is 0 Å². The summed E-state index contributed by atoms with van der Waals surface area (Å²) in [4.78, 5) is 0. The molecule has 0 aliphatic heterocycles. The SMILES string of the molecule is CCCCc1ccc(Oc2cccc(F)c2C#N)cc1. The summed E-state index contributed by atoms with van der Waals surface area (Å²) in [5, 5.41) is 8.95. The van der Waals surface area contributed by atoms with Crippen LogP contribution in [0.15, 0.2) is 42.5 Å². The molecule has 0 aliphatic rings. The van der Waals surface area contributed by atoms with Gasteiger partial charge in [-0.05, 0) is 42.7 Å². The smallest absolute Gasteiger partial charge is 0.148 e. The molecule has 20 heavy (non-hydrogen) atoms. The Morgan fingerprint density at radius 1 is 1.15 bits per heavy atom. The predicted molar refractivity (Wildman–Crippen MR) is 76.2 cm³/mol. The Morgan fingerprint density at radius 2 is 1.90 bits per heavy atom. The standard InChI is InChI=1S/C17H16FNO/c1-2-3-5-13-8-10-14(11-9-13)20-17-7-4-6-16(18)15(17)12-19/h4,6-11H,2-3,5H2,1H3. The first-order valence-corrected chi connectivity index (χ1v) is 6.70. The molecular weight excluding hydrogens is 253 g/mol. The van der Waals surface area contributed by atoms with E-state index in [1.807, 2.05) is 30.3 Å². The van der Waals surface area contributed by atoms with Crippen molar-refractivity contribution in [2.75, 3.05) is 0 Å². The van der Waals surface area contributed by atoms with Crippen LogP contribution in [-0.2, 0) is 6.42 Å². The maximum atomic E-state index is 13.5. The molecule has 0 saturated heterocycles. The number of ether oxygens (including phenoxy) is 1. The van der Waals surface area contributed by atoms with Gasteiger partial charge in [0.1, 0.15) is 28.9 Å². The average molecular weight is 269 g/mol. The van der Waals surface area contributed by atoms with Gasteiger partial charge in [0, 0.05) is 0 Å². The fourth-order valence-electron chi connectivity index (χ4n) is 1.93. The zero-order valence-corrected chi connectivity index (χ0v) is 11.4. The number of hydrogen-bond donors (Lipinski definition) is 0. The Kier molecular flexibility index (Phi) is 4.73. The molecular formula is C17H16FNO. The molecule has 102 valence electrons.